The van der Waals surface area contributed by atoms with E-state index in [2.05, 4.69) is 109 Å². The Labute approximate surface area is 524 Å². The normalized spacial score (nSPS) is 12.0. The van der Waals surface area contributed by atoms with Crippen molar-refractivity contribution in [2.45, 2.75) is 156 Å². The Morgan fingerprint density at radius 3 is 1.14 bits per heavy atom. The van der Waals surface area contributed by atoms with Gasteiger partial charge >= 0.3 is 0 Å². The van der Waals surface area contributed by atoms with Gasteiger partial charge in [-0.1, -0.05) is 129 Å². The molecule has 10 atom stereocenters. The van der Waals surface area contributed by atoms with Gasteiger partial charge in [0.15, 0.2) is 23.3 Å². The lowest BCUT2D eigenvalue weighted by molar-refractivity contribution is 0.101. The Bertz CT molecular complexity index is 2590. The molecule has 5 aromatic rings. The van der Waals surface area contributed by atoms with E-state index in [1.165, 1.54) is 120 Å². The summed E-state index contributed by atoms with van der Waals surface area (Å²) in [5.41, 5.74) is -2.74. The molecule has 0 amide bonds. The van der Waals surface area contributed by atoms with Crippen LogP contribution in [0.3, 0.4) is 0 Å². The SMILES string of the molecule is CCCCCCCCCCCCOc1cc(C)sc1-c1sc(-c2ccc(C(=O)c3c(F)c(F)c(C(=O)c4ccc(C)s4)c(F)c3F)s2)cc1OCCCCCCCCCCCC.PP(P)P(P(P)P)P(P(P)P)P(P(P)P)P(P)P. The van der Waals surface area contributed by atoms with Crippen LogP contribution in [-0.4, -0.2) is 24.8 Å². The van der Waals surface area contributed by atoms with Crippen LogP contribution in [0.2, 0.25) is 0 Å². The summed E-state index contributed by atoms with van der Waals surface area (Å²) in [6.07, 6.45) is 24.5. The molecule has 1 aromatic carbocycles. The van der Waals surface area contributed by atoms with Crippen molar-refractivity contribution in [3.8, 4) is 31.0 Å². The second-order valence-electron chi connectivity index (χ2n) is 18.9. The first kappa shape index (κ1) is 76.9. The van der Waals surface area contributed by atoms with Gasteiger partial charge in [0.2, 0.25) is 11.6 Å². The summed E-state index contributed by atoms with van der Waals surface area (Å²) in [4.78, 5) is 31.3. The summed E-state index contributed by atoms with van der Waals surface area (Å²) in [5, 5.41) is 0. The number of ketones is 2. The quantitative estimate of drug-likeness (QED) is 0.0131. The molecule has 4 heterocycles. The van der Waals surface area contributed by atoms with Gasteiger partial charge in [-0.15, -0.1) is 135 Å². The van der Waals surface area contributed by atoms with Crippen molar-refractivity contribution in [3.05, 3.63) is 90.3 Å². The van der Waals surface area contributed by atoms with Gasteiger partial charge in [0.25, 0.3) is 0 Å². The fourth-order valence-corrected chi connectivity index (χ4v) is 222. The van der Waals surface area contributed by atoms with Crippen LogP contribution in [0.25, 0.3) is 19.5 Å². The maximum absolute atomic E-state index is 15.5. The summed E-state index contributed by atoms with van der Waals surface area (Å²) >= 11 is 5.01. The van der Waals surface area contributed by atoms with Crippen LogP contribution in [0.5, 0.6) is 11.5 Å². The molecule has 0 saturated heterocycles. The maximum Gasteiger partial charge on any atom is 0.209 e. The lowest BCUT2D eigenvalue weighted by Crippen LogP contribution is -2.16. The van der Waals surface area contributed by atoms with E-state index in [0.29, 0.717) is 28.7 Å². The van der Waals surface area contributed by atoms with Crippen molar-refractivity contribution in [2.24, 2.45) is 0 Å². The molecule has 0 aliphatic carbocycles. The predicted octanol–water partition coefficient (Wildman–Crippen LogP) is 27.6. The van der Waals surface area contributed by atoms with Gasteiger partial charge in [0, 0.05) is 25.6 Å². The molecule has 10 unspecified atom stereocenters. The van der Waals surface area contributed by atoms with E-state index in [1.54, 1.807) is 30.4 Å². The van der Waals surface area contributed by atoms with Crippen molar-refractivity contribution in [2.75, 3.05) is 13.2 Å². The number of rotatable bonds is 37. The number of ether oxygens (including phenoxy) is 2. The Morgan fingerprint density at radius 2 is 0.762 bits per heavy atom. The average molecular weight is 1510 g/mol. The highest BCUT2D eigenvalue weighted by atomic mass is 33.4. The Hall–Kier alpha value is 4.42. The third kappa shape index (κ3) is 24.8. The van der Waals surface area contributed by atoms with E-state index >= 15 is 17.6 Å². The van der Waals surface area contributed by atoms with Gasteiger partial charge in [-0.05, 0) is 113 Å². The van der Waals surface area contributed by atoms with E-state index in [9.17, 15) is 9.59 Å². The number of hydrogen-bond acceptors (Lipinski definition) is 8. The second-order valence-corrected chi connectivity index (χ2v) is 93.9. The van der Waals surface area contributed by atoms with Crippen molar-refractivity contribution in [1.82, 2.24) is 0 Å². The minimum Gasteiger partial charge on any atom is -0.492 e. The molecule has 0 aliphatic rings. The van der Waals surface area contributed by atoms with Gasteiger partial charge < -0.3 is 9.47 Å². The van der Waals surface area contributed by atoms with Crippen molar-refractivity contribution in [1.29, 1.82) is 0 Å². The molecule has 5 rings (SSSR count). The number of thiophene rings is 4. The zero-order chi connectivity index (χ0) is 59.1. The van der Waals surface area contributed by atoms with Crippen molar-refractivity contribution < 1.29 is 36.6 Å². The molecule has 0 aliphatic heterocycles. The largest absolute Gasteiger partial charge is 0.492 e. The summed E-state index contributed by atoms with van der Waals surface area (Å²) < 4.78 is 74.5. The first-order valence-electron chi connectivity index (χ1n) is 26.7. The molecular weight excluding hydrogens is 1430 g/mol. The van der Waals surface area contributed by atoms with Crippen LogP contribution in [0, 0.1) is 37.1 Å². The number of halogens is 4. The standard InChI is InChI=1S/C50H62F4O4S4.H20P18/c1-5-7-9-11-13-15-17-19-21-23-29-57-35-31-34(4)60-49(35)50-36(58-30-24-22-20-18-16-14-12-10-8-6-2)32-40(62-50)37-27-28-39(61-37)48(56)42-45(53)43(51)41(44(52)46(42)54)47(55)38-26-25-33(3)59-38;1-11(2)16(12(3)4)18(15(9)10)17(13(5)6)14(7)8/h25-28,31-32H,5-24,29-30H2,1-4H3;1-10H2. The van der Waals surface area contributed by atoms with Crippen molar-refractivity contribution in [3.63, 3.8) is 0 Å². The molecule has 0 bridgehead atoms. The third-order valence-corrected chi connectivity index (χ3v) is 125. The zero-order valence-electron chi connectivity index (χ0n) is 46.1. The molecule has 0 saturated carbocycles. The minimum atomic E-state index is -1.90. The Balaban J connectivity index is 0.000000654. The number of aryl methyl sites for hydroxylation is 2. The molecule has 0 N–H and O–H groups in total. The molecule has 4 aromatic heterocycles. The highest BCUT2D eigenvalue weighted by Crippen LogP contribution is 3.28. The topological polar surface area (TPSA) is 52.6 Å². The van der Waals surface area contributed by atoms with E-state index in [-0.39, 0.29) is 65.7 Å². The van der Waals surface area contributed by atoms with Gasteiger partial charge in [0.05, 0.1) is 32.7 Å². The lowest BCUT2D eigenvalue weighted by atomic mass is 10.0. The van der Waals surface area contributed by atoms with E-state index in [1.807, 2.05) is 13.0 Å². The molecule has 0 fully saturated rings. The number of benzene rings is 1. The van der Waals surface area contributed by atoms with Gasteiger partial charge in [-0.25, -0.2) is 17.6 Å². The fourth-order valence-electron chi connectivity index (χ4n) is 8.35. The van der Waals surface area contributed by atoms with E-state index in [0.717, 1.165) is 80.0 Å². The lowest BCUT2D eigenvalue weighted by Gasteiger charge is -2.43. The number of unbranched alkanes of at least 4 members (excludes halogenated alkanes) is 18. The summed E-state index contributed by atoms with van der Waals surface area (Å²) in [6.45, 7) is 10.1. The molecule has 30 heteroatoms. The van der Waals surface area contributed by atoms with E-state index < -0.39 is 46.0 Å². The highest BCUT2D eigenvalue weighted by Gasteiger charge is 2.40. The van der Waals surface area contributed by atoms with Crippen molar-refractivity contribution >= 4 is 202 Å². The molecule has 80 heavy (non-hydrogen) atoms. The van der Waals surface area contributed by atoms with Crippen LogP contribution >= 0.6 is 191 Å². The van der Waals surface area contributed by atoms with Gasteiger partial charge in [-0.2, -0.15) is 0 Å². The molecule has 0 spiro atoms. The van der Waals surface area contributed by atoms with E-state index in [4.69, 9.17) is 9.47 Å². The molecular formula is C50H82F4O4P18S4. The van der Waals surface area contributed by atoms with Crippen LogP contribution in [0.15, 0.2) is 36.4 Å². The van der Waals surface area contributed by atoms with Gasteiger partial charge in [-0.3, -0.25) is 9.59 Å². The minimum absolute atomic E-state index is 0.0415. The summed E-state index contributed by atoms with van der Waals surface area (Å²) in [5.74, 6) is -8.52. The molecule has 0 radical (unpaired) electrons. The van der Waals surface area contributed by atoms with Crippen LogP contribution in [-0.2, 0) is 0 Å². The summed E-state index contributed by atoms with van der Waals surface area (Å²) in [7, 11) is 31.2. The molecule has 4 nitrogen and oxygen atoms in total. The monoisotopic (exact) mass is 1510 g/mol. The molecule has 448 valence electrons. The first-order chi connectivity index (χ1) is 38.2. The Kier molecular flexibility index (Phi) is 40.2. The summed E-state index contributed by atoms with van der Waals surface area (Å²) in [6, 6.07) is 9.92. The van der Waals surface area contributed by atoms with Crippen LogP contribution < -0.4 is 9.47 Å². The zero-order valence-corrected chi connectivity index (χ0v) is 68.1. The average Bonchev–Trinajstić information content (AvgIpc) is 4.26. The predicted molar refractivity (Wildman–Crippen MR) is 405 cm³/mol. The maximum atomic E-state index is 15.5. The third-order valence-electron chi connectivity index (χ3n) is 12.3. The number of carbonyl (C=O) groups excluding carboxylic acids is 2. The smallest absolute Gasteiger partial charge is 0.209 e. The first-order valence-corrected chi connectivity index (χ1v) is 61.8. The van der Waals surface area contributed by atoms with Crippen LogP contribution in [0.4, 0.5) is 17.6 Å². The fraction of sp³-hybridized carbons (Fsp3) is 0.520. The van der Waals surface area contributed by atoms with Crippen LogP contribution in [0.1, 0.15) is 182 Å². The number of carbonyl (C=O) groups is 2. The second kappa shape index (κ2) is 41.8. The van der Waals surface area contributed by atoms with Gasteiger partial charge in [0.1, 0.15) is 22.6 Å². The number of hydrogen-bond donors (Lipinski definition) is 0. The highest BCUT2D eigenvalue weighted by molar-refractivity contribution is 9.33. The Morgan fingerprint density at radius 1 is 0.412 bits per heavy atom.